The molecule has 0 aliphatic heterocycles. The topological polar surface area (TPSA) is 38.7 Å². The highest BCUT2D eigenvalue weighted by Gasteiger charge is 2.17. The summed E-state index contributed by atoms with van der Waals surface area (Å²) in [6.45, 7) is 0. The molecular weight excluding hydrogens is 655 g/mol. The van der Waals surface area contributed by atoms with E-state index >= 15 is 0 Å². The first-order valence-corrected chi connectivity index (χ1v) is 18.3. The third-order valence-electron chi connectivity index (χ3n) is 10.3. The third kappa shape index (κ3) is 5.78. The van der Waals surface area contributed by atoms with Gasteiger partial charge in [0.15, 0.2) is 17.5 Å². The highest BCUT2D eigenvalue weighted by molar-refractivity contribution is 5.98. The number of rotatable bonds is 6. The number of nitrogens with zero attached hydrogens (tertiary/aromatic N) is 3. The Hall–Kier alpha value is -7.23. The molecule has 1 heterocycles. The fourth-order valence-electron chi connectivity index (χ4n) is 7.61. The summed E-state index contributed by atoms with van der Waals surface area (Å²) >= 11 is 0. The number of aromatic nitrogens is 3. The van der Waals surface area contributed by atoms with Gasteiger partial charge in [0.1, 0.15) is 0 Å². The van der Waals surface area contributed by atoms with Crippen molar-refractivity contribution in [2.45, 2.75) is 0 Å². The molecule has 0 spiro atoms. The van der Waals surface area contributed by atoms with Gasteiger partial charge in [-0.05, 0) is 83.9 Å². The second-order valence-corrected chi connectivity index (χ2v) is 13.6. The van der Waals surface area contributed by atoms with E-state index in [4.69, 9.17) is 15.0 Å². The standard InChI is InChI=1S/C51H33N3/c1-2-13-34(14-3-1)39-29-30-45(48(33-39)41-28-27-35-15-4-5-18-38(35)31-41)40-21-10-22-42(32-40)49-52-50(46-25-11-19-36-16-6-8-23-43(36)46)54-51(53-49)47-26-12-20-37-17-7-9-24-44(37)47/h1-33H. The predicted molar refractivity (Wildman–Crippen MR) is 225 cm³/mol. The zero-order valence-electron chi connectivity index (χ0n) is 29.4. The molecule has 54 heavy (non-hydrogen) atoms. The van der Waals surface area contributed by atoms with Crippen LogP contribution in [0.5, 0.6) is 0 Å². The summed E-state index contributed by atoms with van der Waals surface area (Å²) in [5.41, 5.74) is 9.82. The van der Waals surface area contributed by atoms with Crippen molar-refractivity contribution < 1.29 is 0 Å². The molecule has 0 unspecified atom stereocenters. The molecule has 9 aromatic carbocycles. The van der Waals surface area contributed by atoms with Crippen LogP contribution in [0.25, 0.3) is 99.9 Å². The fraction of sp³-hybridized carbons (Fsp3) is 0. The van der Waals surface area contributed by atoms with E-state index < -0.39 is 0 Å². The maximum Gasteiger partial charge on any atom is 0.164 e. The lowest BCUT2D eigenvalue weighted by Gasteiger charge is -2.15. The number of hydrogen-bond donors (Lipinski definition) is 0. The van der Waals surface area contributed by atoms with Crippen LogP contribution in [-0.2, 0) is 0 Å². The average molecular weight is 688 g/mol. The molecule has 0 atom stereocenters. The Bertz CT molecular complexity index is 2890. The highest BCUT2D eigenvalue weighted by Crippen LogP contribution is 2.39. The van der Waals surface area contributed by atoms with Gasteiger partial charge in [0.05, 0.1) is 0 Å². The Balaban J connectivity index is 1.17. The summed E-state index contributed by atoms with van der Waals surface area (Å²) in [6, 6.07) is 70.7. The van der Waals surface area contributed by atoms with Gasteiger partial charge in [-0.25, -0.2) is 15.0 Å². The highest BCUT2D eigenvalue weighted by atomic mass is 15.0. The van der Waals surface area contributed by atoms with Crippen LogP contribution in [0.2, 0.25) is 0 Å². The summed E-state index contributed by atoms with van der Waals surface area (Å²) < 4.78 is 0. The van der Waals surface area contributed by atoms with Gasteiger partial charge in [-0.1, -0.05) is 182 Å². The lowest BCUT2D eigenvalue weighted by Crippen LogP contribution is -2.01. The number of fused-ring (bicyclic) bond motifs is 3. The molecule has 0 amide bonds. The third-order valence-corrected chi connectivity index (χ3v) is 10.3. The molecule has 3 heteroatoms. The van der Waals surface area contributed by atoms with Crippen LogP contribution < -0.4 is 0 Å². The van der Waals surface area contributed by atoms with Gasteiger partial charge >= 0.3 is 0 Å². The summed E-state index contributed by atoms with van der Waals surface area (Å²) in [6.07, 6.45) is 0. The van der Waals surface area contributed by atoms with E-state index in [1.165, 1.54) is 33.0 Å². The molecule has 0 radical (unpaired) electrons. The second-order valence-electron chi connectivity index (χ2n) is 13.6. The van der Waals surface area contributed by atoms with Crippen molar-refractivity contribution in [3.63, 3.8) is 0 Å². The van der Waals surface area contributed by atoms with Gasteiger partial charge in [0, 0.05) is 16.7 Å². The first-order valence-electron chi connectivity index (χ1n) is 18.3. The minimum atomic E-state index is 0.630. The molecule has 3 nitrogen and oxygen atoms in total. The first kappa shape index (κ1) is 31.5. The van der Waals surface area contributed by atoms with Gasteiger partial charge in [0.2, 0.25) is 0 Å². The van der Waals surface area contributed by atoms with E-state index in [9.17, 15) is 0 Å². The Morgan fingerprint density at radius 3 is 1.43 bits per heavy atom. The zero-order chi connectivity index (χ0) is 35.8. The van der Waals surface area contributed by atoms with Gasteiger partial charge < -0.3 is 0 Å². The predicted octanol–water partition coefficient (Wildman–Crippen LogP) is 13.3. The van der Waals surface area contributed by atoms with Gasteiger partial charge in [0.25, 0.3) is 0 Å². The normalized spacial score (nSPS) is 11.3. The quantitative estimate of drug-likeness (QED) is 0.175. The lowest BCUT2D eigenvalue weighted by molar-refractivity contribution is 1.08. The SMILES string of the molecule is c1ccc(-c2ccc(-c3cccc(-c4nc(-c5cccc6ccccc56)nc(-c5cccc6ccccc56)n4)c3)c(-c3ccc4ccccc4c3)c2)cc1. The molecule has 10 rings (SSSR count). The zero-order valence-corrected chi connectivity index (χ0v) is 29.4. The van der Waals surface area contributed by atoms with E-state index in [1.807, 2.05) is 0 Å². The van der Waals surface area contributed by atoms with Crippen LogP contribution >= 0.6 is 0 Å². The molecule has 10 aromatic rings. The van der Waals surface area contributed by atoms with Crippen LogP contribution in [0.15, 0.2) is 200 Å². The van der Waals surface area contributed by atoms with Crippen LogP contribution in [0.3, 0.4) is 0 Å². The largest absolute Gasteiger partial charge is 0.208 e. The summed E-state index contributed by atoms with van der Waals surface area (Å²) in [5.74, 6) is 1.93. The monoisotopic (exact) mass is 687 g/mol. The molecule has 0 fully saturated rings. The van der Waals surface area contributed by atoms with Crippen LogP contribution in [0, 0.1) is 0 Å². The maximum atomic E-state index is 5.21. The Kier molecular flexibility index (Phi) is 7.81. The molecule has 0 saturated heterocycles. The van der Waals surface area contributed by atoms with Crippen molar-refractivity contribution in [3.8, 4) is 67.5 Å². The summed E-state index contributed by atoms with van der Waals surface area (Å²) in [5, 5.41) is 6.94. The summed E-state index contributed by atoms with van der Waals surface area (Å²) in [4.78, 5) is 15.6. The molecule has 0 bridgehead atoms. The van der Waals surface area contributed by atoms with Crippen molar-refractivity contribution in [1.82, 2.24) is 15.0 Å². The van der Waals surface area contributed by atoms with E-state index in [0.29, 0.717) is 17.5 Å². The minimum absolute atomic E-state index is 0.630. The molecule has 0 aliphatic rings. The van der Waals surface area contributed by atoms with Gasteiger partial charge in [-0.3, -0.25) is 0 Å². The van der Waals surface area contributed by atoms with Gasteiger partial charge in [-0.2, -0.15) is 0 Å². The Labute approximate surface area is 313 Å². The Morgan fingerprint density at radius 1 is 0.222 bits per heavy atom. The molecular formula is C51H33N3. The Morgan fingerprint density at radius 2 is 0.722 bits per heavy atom. The second kappa shape index (κ2) is 13.4. The van der Waals surface area contributed by atoms with Crippen molar-refractivity contribution in [2.75, 3.05) is 0 Å². The molecule has 0 saturated carbocycles. The smallest absolute Gasteiger partial charge is 0.164 e. The number of benzene rings is 9. The van der Waals surface area contributed by atoms with E-state index in [-0.39, 0.29) is 0 Å². The molecule has 252 valence electrons. The first-order chi connectivity index (χ1) is 26.7. The van der Waals surface area contributed by atoms with Crippen molar-refractivity contribution >= 4 is 32.3 Å². The van der Waals surface area contributed by atoms with Crippen LogP contribution in [0.1, 0.15) is 0 Å². The van der Waals surface area contributed by atoms with Crippen molar-refractivity contribution in [3.05, 3.63) is 200 Å². The molecule has 0 aliphatic carbocycles. The van der Waals surface area contributed by atoms with Crippen LogP contribution in [-0.4, -0.2) is 15.0 Å². The molecule has 0 N–H and O–H groups in total. The average Bonchev–Trinajstić information content (AvgIpc) is 3.26. The number of hydrogen-bond acceptors (Lipinski definition) is 3. The van der Waals surface area contributed by atoms with E-state index in [1.54, 1.807) is 0 Å². The maximum absolute atomic E-state index is 5.21. The van der Waals surface area contributed by atoms with Crippen LogP contribution in [0.4, 0.5) is 0 Å². The van der Waals surface area contributed by atoms with Crippen molar-refractivity contribution in [1.29, 1.82) is 0 Å². The van der Waals surface area contributed by atoms with E-state index in [0.717, 1.165) is 49.4 Å². The lowest BCUT2D eigenvalue weighted by atomic mass is 9.89. The fourth-order valence-corrected chi connectivity index (χ4v) is 7.61. The van der Waals surface area contributed by atoms with Crippen molar-refractivity contribution in [2.24, 2.45) is 0 Å². The molecule has 1 aromatic heterocycles. The van der Waals surface area contributed by atoms with Gasteiger partial charge in [-0.15, -0.1) is 0 Å². The summed E-state index contributed by atoms with van der Waals surface area (Å²) in [7, 11) is 0. The van der Waals surface area contributed by atoms with E-state index in [2.05, 4.69) is 200 Å². The minimum Gasteiger partial charge on any atom is -0.208 e.